The average molecular weight is 400 g/mol. The van der Waals surface area contributed by atoms with Gasteiger partial charge in [-0.25, -0.2) is 4.98 Å². The molecule has 2 aromatic heterocycles. The van der Waals surface area contributed by atoms with Crippen molar-refractivity contribution in [2.75, 3.05) is 5.32 Å². The van der Waals surface area contributed by atoms with Gasteiger partial charge in [-0.1, -0.05) is 30.3 Å². The summed E-state index contributed by atoms with van der Waals surface area (Å²) in [5.41, 5.74) is -0.470. The van der Waals surface area contributed by atoms with E-state index in [1.807, 2.05) is 30.3 Å². The zero-order valence-electron chi connectivity index (χ0n) is 15.6. The Hall–Kier alpha value is -4.46. The Morgan fingerprint density at radius 3 is 2.50 bits per heavy atom. The van der Waals surface area contributed by atoms with Gasteiger partial charge in [0.15, 0.2) is 11.5 Å². The molecule has 0 radical (unpaired) electrons. The zero-order chi connectivity index (χ0) is 20.9. The molecule has 0 aliphatic carbocycles. The summed E-state index contributed by atoms with van der Waals surface area (Å²) in [5.74, 6) is -0.285. The summed E-state index contributed by atoms with van der Waals surface area (Å²) in [6.45, 7) is 0. The lowest BCUT2D eigenvalue weighted by atomic mass is 10.2. The van der Waals surface area contributed by atoms with Gasteiger partial charge in [0, 0.05) is 18.0 Å². The van der Waals surface area contributed by atoms with Crippen molar-refractivity contribution in [3.63, 3.8) is 0 Å². The van der Waals surface area contributed by atoms with Gasteiger partial charge < -0.3 is 20.1 Å². The van der Waals surface area contributed by atoms with Crippen molar-refractivity contribution in [1.29, 1.82) is 0 Å². The van der Waals surface area contributed by atoms with Gasteiger partial charge in [-0.2, -0.15) is 0 Å². The summed E-state index contributed by atoms with van der Waals surface area (Å²) in [6, 6.07) is 21.0. The number of para-hydroxylation sites is 1. The molecule has 4 aromatic rings. The van der Waals surface area contributed by atoms with Crippen LogP contribution in [-0.2, 0) is 0 Å². The third-order valence-electron chi connectivity index (χ3n) is 4.09. The molecular weight excluding hydrogens is 384 g/mol. The number of aromatic hydroxyl groups is 1. The van der Waals surface area contributed by atoms with Crippen molar-refractivity contribution < 1.29 is 14.6 Å². The number of hydrogen-bond acceptors (Lipinski definition) is 6. The monoisotopic (exact) mass is 400 g/mol. The predicted octanol–water partition coefficient (Wildman–Crippen LogP) is 3.58. The van der Waals surface area contributed by atoms with Gasteiger partial charge in [-0.3, -0.25) is 14.6 Å². The molecule has 3 N–H and O–H groups in total. The molecule has 2 heterocycles. The minimum Gasteiger partial charge on any atom is -0.501 e. The maximum atomic E-state index is 12.7. The van der Waals surface area contributed by atoms with Crippen molar-refractivity contribution in [1.82, 2.24) is 15.0 Å². The summed E-state index contributed by atoms with van der Waals surface area (Å²) in [4.78, 5) is 35.3. The van der Waals surface area contributed by atoms with Crippen LogP contribution in [0.2, 0.25) is 0 Å². The topological polar surface area (TPSA) is 117 Å². The second kappa shape index (κ2) is 8.27. The van der Waals surface area contributed by atoms with Crippen LogP contribution >= 0.6 is 0 Å². The lowest BCUT2D eigenvalue weighted by Crippen LogP contribution is -2.20. The molecule has 0 fully saturated rings. The fraction of sp³-hybridized carbons (Fsp3) is 0. The van der Waals surface area contributed by atoms with E-state index in [0.29, 0.717) is 22.9 Å². The zero-order valence-corrected chi connectivity index (χ0v) is 15.6. The molecule has 0 atom stereocenters. The van der Waals surface area contributed by atoms with E-state index in [-0.39, 0.29) is 5.82 Å². The SMILES string of the molecule is O=C(Nc1cccc(Oc2ccccc2)c1)c1nc(-c2ccccn2)[nH]c(=O)c1O. The van der Waals surface area contributed by atoms with Gasteiger partial charge in [0.1, 0.15) is 17.2 Å². The van der Waals surface area contributed by atoms with Gasteiger partial charge in [-0.15, -0.1) is 0 Å². The van der Waals surface area contributed by atoms with Crippen LogP contribution < -0.4 is 15.6 Å². The third-order valence-corrected chi connectivity index (χ3v) is 4.09. The maximum Gasteiger partial charge on any atom is 0.294 e. The molecule has 2 aromatic carbocycles. The fourth-order valence-electron chi connectivity index (χ4n) is 2.70. The number of aromatic nitrogens is 3. The number of anilines is 1. The highest BCUT2D eigenvalue weighted by atomic mass is 16.5. The van der Waals surface area contributed by atoms with Crippen molar-refractivity contribution in [3.05, 3.63) is 95.0 Å². The normalized spacial score (nSPS) is 10.4. The predicted molar refractivity (Wildman–Crippen MR) is 111 cm³/mol. The molecule has 4 rings (SSSR count). The van der Waals surface area contributed by atoms with Gasteiger partial charge >= 0.3 is 0 Å². The van der Waals surface area contributed by atoms with Gasteiger partial charge in [0.05, 0.1) is 0 Å². The summed E-state index contributed by atoms with van der Waals surface area (Å²) in [5, 5.41) is 12.7. The summed E-state index contributed by atoms with van der Waals surface area (Å²) in [6.07, 6.45) is 1.53. The molecule has 0 unspecified atom stereocenters. The molecule has 0 bridgehead atoms. The van der Waals surface area contributed by atoms with E-state index in [9.17, 15) is 14.7 Å². The number of carbonyl (C=O) groups excluding carboxylic acids is 1. The van der Waals surface area contributed by atoms with Gasteiger partial charge in [-0.05, 0) is 36.4 Å². The Morgan fingerprint density at radius 1 is 0.967 bits per heavy atom. The van der Waals surface area contributed by atoms with E-state index in [1.54, 1.807) is 42.5 Å². The first-order valence-corrected chi connectivity index (χ1v) is 8.99. The van der Waals surface area contributed by atoms with Crippen LogP contribution in [0.25, 0.3) is 11.5 Å². The number of nitrogens with one attached hydrogen (secondary N) is 2. The van der Waals surface area contributed by atoms with Crippen molar-refractivity contribution >= 4 is 11.6 Å². The number of nitrogens with zero attached hydrogens (tertiary/aromatic N) is 2. The number of ether oxygens (including phenoxy) is 1. The number of carbonyl (C=O) groups is 1. The number of amides is 1. The van der Waals surface area contributed by atoms with Crippen molar-refractivity contribution in [3.8, 4) is 28.8 Å². The van der Waals surface area contributed by atoms with Crippen molar-refractivity contribution in [2.45, 2.75) is 0 Å². The first kappa shape index (κ1) is 18.9. The van der Waals surface area contributed by atoms with Crippen molar-refractivity contribution in [2.24, 2.45) is 0 Å². The lowest BCUT2D eigenvalue weighted by molar-refractivity contribution is 0.101. The highest BCUT2D eigenvalue weighted by Gasteiger charge is 2.19. The molecule has 0 aliphatic heterocycles. The van der Waals surface area contributed by atoms with E-state index < -0.39 is 22.9 Å². The first-order chi connectivity index (χ1) is 14.6. The molecule has 0 saturated carbocycles. The Kier molecular flexibility index (Phi) is 5.21. The van der Waals surface area contributed by atoms with Crippen LogP contribution in [0.4, 0.5) is 5.69 Å². The number of rotatable bonds is 5. The molecule has 1 amide bonds. The molecule has 0 spiro atoms. The first-order valence-electron chi connectivity index (χ1n) is 8.99. The Bertz CT molecular complexity index is 1240. The van der Waals surface area contributed by atoms with Crippen LogP contribution in [0.5, 0.6) is 17.2 Å². The van der Waals surface area contributed by atoms with Crippen LogP contribution in [0.1, 0.15) is 10.5 Å². The van der Waals surface area contributed by atoms with E-state index in [0.717, 1.165) is 0 Å². The molecule has 0 saturated heterocycles. The molecule has 0 aliphatic rings. The van der Waals surface area contributed by atoms with Crippen LogP contribution in [0.3, 0.4) is 0 Å². The summed E-state index contributed by atoms with van der Waals surface area (Å²) >= 11 is 0. The standard InChI is InChI=1S/C22H16N4O4/c27-19-18(25-20(26-22(19)29)17-11-4-5-12-23-17)21(28)24-14-7-6-10-16(13-14)30-15-8-2-1-3-9-15/h1-13,27H,(H,24,28)(H,25,26,29). The van der Waals surface area contributed by atoms with E-state index in [1.165, 1.54) is 6.20 Å². The fourth-order valence-corrected chi connectivity index (χ4v) is 2.70. The van der Waals surface area contributed by atoms with E-state index in [2.05, 4.69) is 20.3 Å². The lowest BCUT2D eigenvalue weighted by Gasteiger charge is -2.10. The summed E-state index contributed by atoms with van der Waals surface area (Å²) in [7, 11) is 0. The Morgan fingerprint density at radius 2 is 1.73 bits per heavy atom. The van der Waals surface area contributed by atoms with Gasteiger partial charge in [0.25, 0.3) is 11.5 Å². The average Bonchev–Trinajstić information content (AvgIpc) is 2.77. The molecular formula is C22H16N4O4. The highest BCUT2D eigenvalue weighted by Crippen LogP contribution is 2.24. The minimum atomic E-state index is -0.836. The molecule has 148 valence electrons. The third kappa shape index (κ3) is 4.17. The smallest absolute Gasteiger partial charge is 0.294 e. The number of benzene rings is 2. The number of pyridine rings is 1. The van der Waals surface area contributed by atoms with Gasteiger partial charge in [0.2, 0.25) is 5.75 Å². The Balaban J connectivity index is 1.59. The van der Waals surface area contributed by atoms with Crippen LogP contribution in [0.15, 0.2) is 83.8 Å². The summed E-state index contributed by atoms with van der Waals surface area (Å²) < 4.78 is 5.75. The van der Waals surface area contributed by atoms with Crippen LogP contribution in [-0.4, -0.2) is 26.0 Å². The molecule has 8 heteroatoms. The number of H-pyrrole nitrogens is 1. The number of hydrogen-bond donors (Lipinski definition) is 3. The largest absolute Gasteiger partial charge is 0.501 e. The quantitative estimate of drug-likeness (QED) is 0.471. The van der Waals surface area contributed by atoms with E-state index in [4.69, 9.17) is 4.74 Å². The van der Waals surface area contributed by atoms with E-state index >= 15 is 0 Å². The highest BCUT2D eigenvalue weighted by molar-refractivity contribution is 6.04. The van der Waals surface area contributed by atoms with Crippen LogP contribution in [0, 0.1) is 0 Å². The molecule has 8 nitrogen and oxygen atoms in total. The Labute approximate surface area is 170 Å². The second-order valence-corrected chi connectivity index (χ2v) is 6.22. The molecule has 30 heavy (non-hydrogen) atoms. The second-order valence-electron chi connectivity index (χ2n) is 6.22. The minimum absolute atomic E-state index is 0.0738. The number of aromatic amines is 1. The maximum absolute atomic E-state index is 12.7.